The van der Waals surface area contributed by atoms with Crippen LogP contribution in [-0.4, -0.2) is 34.3 Å². The quantitative estimate of drug-likeness (QED) is 0.827. The largest absolute Gasteiger partial charge is 0.481 e. The first-order valence-electron chi connectivity index (χ1n) is 7.81. The van der Waals surface area contributed by atoms with E-state index >= 15 is 0 Å². The van der Waals surface area contributed by atoms with Crippen molar-refractivity contribution in [3.63, 3.8) is 0 Å². The summed E-state index contributed by atoms with van der Waals surface area (Å²) in [4.78, 5) is 36.6. The van der Waals surface area contributed by atoms with Crippen LogP contribution in [0.2, 0.25) is 0 Å². The normalized spacial score (nSPS) is 20.7. The number of carboxylic acid groups (broad SMARTS) is 1. The summed E-state index contributed by atoms with van der Waals surface area (Å²) in [6.07, 6.45) is 2.31. The van der Waals surface area contributed by atoms with Gasteiger partial charge in [-0.3, -0.25) is 14.4 Å². The number of nitrogens with zero attached hydrogens (tertiary/aromatic N) is 1. The Morgan fingerprint density at radius 1 is 1.13 bits per heavy atom. The van der Waals surface area contributed by atoms with Crippen LogP contribution in [0, 0.1) is 11.8 Å². The Morgan fingerprint density at radius 2 is 1.78 bits per heavy atom. The van der Waals surface area contributed by atoms with E-state index in [2.05, 4.69) is 0 Å². The van der Waals surface area contributed by atoms with Crippen molar-refractivity contribution in [2.24, 2.45) is 17.6 Å². The van der Waals surface area contributed by atoms with E-state index < -0.39 is 17.8 Å². The molecule has 0 bridgehead atoms. The van der Waals surface area contributed by atoms with E-state index in [9.17, 15) is 14.4 Å². The fourth-order valence-electron chi connectivity index (χ4n) is 3.10. The highest BCUT2D eigenvalue weighted by molar-refractivity contribution is 5.85. The van der Waals surface area contributed by atoms with Crippen molar-refractivity contribution in [3.05, 3.63) is 35.9 Å². The second-order valence-corrected chi connectivity index (χ2v) is 6.04. The van der Waals surface area contributed by atoms with Gasteiger partial charge in [0.1, 0.15) is 0 Å². The summed E-state index contributed by atoms with van der Waals surface area (Å²) < 4.78 is 0. The molecule has 1 aromatic carbocycles. The van der Waals surface area contributed by atoms with Gasteiger partial charge in [0.2, 0.25) is 11.8 Å². The van der Waals surface area contributed by atoms with Crippen molar-refractivity contribution in [1.82, 2.24) is 4.90 Å². The van der Waals surface area contributed by atoms with Crippen LogP contribution < -0.4 is 5.73 Å². The predicted octanol–water partition coefficient (Wildman–Crippen LogP) is 1.39. The molecule has 2 amide bonds. The molecule has 0 spiro atoms. The van der Waals surface area contributed by atoms with Gasteiger partial charge in [0.05, 0.1) is 12.5 Å². The second kappa shape index (κ2) is 7.76. The van der Waals surface area contributed by atoms with Gasteiger partial charge in [-0.1, -0.05) is 36.8 Å². The standard InChI is InChI=1S/C17H22N2O4/c18-15(20)11-19(10-12-5-2-1-3-6-12)16(21)13-7-4-8-14(9-13)17(22)23/h1-3,5-6,13-14H,4,7-11H2,(H2,18,20)(H,22,23). The number of nitrogens with two attached hydrogens (primary N) is 1. The van der Waals surface area contributed by atoms with E-state index in [1.807, 2.05) is 30.3 Å². The Labute approximate surface area is 135 Å². The average molecular weight is 318 g/mol. The maximum absolute atomic E-state index is 12.7. The summed E-state index contributed by atoms with van der Waals surface area (Å²) in [5, 5.41) is 9.16. The molecule has 1 saturated carbocycles. The lowest BCUT2D eigenvalue weighted by Gasteiger charge is -2.31. The van der Waals surface area contributed by atoms with Crippen LogP contribution in [0.3, 0.4) is 0 Å². The van der Waals surface area contributed by atoms with Gasteiger partial charge >= 0.3 is 5.97 Å². The summed E-state index contributed by atoms with van der Waals surface area (Å²) >= 11 is 0. The number of aliphatic carboxylic acids is 1. The SMILES string of the molecule is NC(=O)CN(Cc1ccccc1)C(=O)C1CCCC(C(=O)O)C1. The lowest BCUT2D eigenvalue weighted by Crippen LogP contribution is -2.43. The molecule has 0 aromatic heterocycles. The third-order valence-corrected chi connectivity index (χ3v) is 4.25. The number of carbonyl (C=O) groups excluding carboxylic acids is 2. The number of carboxylic acids is 1. The van der Waals surface area contributed by atoms with Gasteiger partial charge in [-0.05, 0) is 24.8 Å². The Kier molecular flexibility index (Phi) is 5.73. The lowest BCUT2D eigenvalue weighted by atomic mass is 9.80. The van der Waals surface area contributed by atoms with Crippen molar-refractivity contribution in [3.8, 4) is 0 Å². The van der Waals surface area contributed by atoms with Crippen LogP contribution in [0.25, 0.3) is 0 Å². The third kappa shape index (κ3) is 4.81. The van der Waals surface area contributed by atoms with E-state index in [1.54, 1.807) is 0 Å². The Bertz CT molecular complexity index is 573. The number of primary amides is 1. The molecule has 6 nitrogen and oxygen atoms in total. The van der Waals surface area contributed by atoms with Crippen LogP contribution in [0.1, 0.15) is 31.2 Å². The van der Waals surface area contributed by atoms with Gasteiger partial charge in [-0.2, -0.15) is 0 Å². The Balaban J connectivity index is 2.09. The van der Waals surface area contributed by atoms with Gasteiger partial charge in [0.15, 0.2) is 0 Å². The zero-order valence-corrected chi connectivity index (χ0v) is 13.0. The van der Waals surface area contributed by atoms with Crippen LogP contribution in [0.15, 0.2) is 30.3 Å². The molecule has 3 N–H and O–H groups in total. The highest BCUT2D eigenvalue weighted by Gasteiger charge is 2.33. The van der Waals surface area contributed by atoms with Crippen molar-refractivity contribution >= 4 is 17.8 Å². The van der Waals surface area contributed by atoms with E-state index in [0.29, 0.717) is 32.2 Å². The fraction of sp³-hybridized carbons (Fsp3) is 0.471. The average Bonchev–Trinajstić information content (AvgIpc) is 2.54. The second-order valence-electron chi connectivity index (χ2n) is 6.04. The zero-order chi connectivity index (χ0) is 16.8. The molecule has 6 heteroatoms. The monoisotopic (exact) mass is 318 g/mol. The number of hydrogen-bond donors (Lipinski definition) is 2. The number of amides is 2. The van der Waals surface area contributed by atoms with Crippen molar-refractivity contribution in [2.45, 2.75) is 32.2 Å². The minimum absolute atomic E-state index is 0.151. The molecule has 0 radical (unpaired) electrons. The molecule has 124 valence electrons. The summed E-state index contributed by atoms with van der Waals surface area (Å²) in [7, 11) is 0. The highest BCUT2D eigenvalue weighted by Crippen LogP contribution is 2.30. The van der Waals surface area contributed by atoms with E-state index in [-0.39, 0.29) is 18.4 Å². The number of rotatable bonds is 6. The molecule has 23 heavy (non-hydrogen) atoms. The summed E-state index contributed by atoms with van der Waals surface area (Å²) in [5.41, 5.74) is 6.17. The van der Waals surface area contributed by atoms with Gasteiger partial charge < -0.3 is 15.7 Å². The molecule has 1 aliphatic rings. The lowest BCUT2D eigenvalue weighted by molar-refractivity contribution is -0.146. The van der Waals surface area contributed by atoms with Crippen LogP contribution in [-0.2, 0) is 20.9 Å². The van der Waals surface area contributed by atoms with Crippen molar-refractivity contribution in [1.29, 1.82) is 0 Å². The molecule has 2 unspecified atom stereocenters. The molecule has 0 saturated heterocycles. The van der Waals surface area contributed by atoms with Gasteiger partial charge in [-0.15, -0.1) is 0 Å². The van der Waals surface area contributed by atoms with E-state index in [1.165, 1.54) is 4.90 Å². The zero-order valence-electron chi connectivity index (χ0n) is 13.0. The minimum Gasteiger partial charge on any atom is -0.481 e. The number of carbonyl (C=O) groups is 3. The highest BCUT2D eigenvalue weighted by atomic mass is 16.4. The molecule has 1 aromatic rings. The first-order chi connectivity index (χ1) is 11.0. The first kappa shape index (κ1) is 17.0. The fourth-order valence-corrected chi connectivity index (χ4v) is 3.10. The molecule has 0 heterocycles. The maximum Gasteiger partial charge on any atom is 0.306 e. The molecule has 1 aliphatic carbocycles. The van der Waals surface area contributed by atoms with Gasteiger partial charge in [-0.25, -0.2) is 0 Å². The smallest absolute Gasteiger partial charge is 0.306 e. The summed E-state index contributed by atoms with van der Waals surface area (Å²) in [6, 6.07) is 9.36. The molecule has 2 rings (SSSR count). The Hall–Kier alpha value is -2.37. The van der Waals surface area contributed by atoms with Gasteiger partial charge in [0.25, 0.3) is 0 Å². The van der Waals surface area contributed by atoms with Crippen LogP contribution in [0.4, 0.5) is 0 Å². The minimum atomic E-state index is -0.855. The van der Waals surface area contributed by atoms with Crippen LogP contribution >= 0.6 is 0 Å². The van der Waals surface area contributed by atoms with Crippen LogP contribution in [0.5, 0.6) is 0 Å². The predicted molar refractivity (Wildman–Crippen MR) is 84.1 cm³/mol. The van der Waals surface area contributed by atoms with E-state index in [4.69, 9.17) is 10.8 Å². The third-order valence-electron chi connectivity index (χ3n) is 4.25. The molecule has 1 fully saturated rings. The summed E-state index contributed by atoms with van der Waals surface area (Å²) in [5.74, 6) is -2.44. The molecular weight excluding hydrogens is 296 g/mol. The molecule has 2 atom stereocenters. The summed E-state index contributed by atoms with van der Waals surface area (Å²) in [6.45, 7) is 0.152. The van der Waals surface area contributed by atoms with Crippen molar-refractivity contribution in [2.75, 3.05) is 6.54 Å². The maximum atomic E-state index is 12.7. The first-order valence-corrected chi connectivity index (χ1v) is 7.81. The molecule has 0 aliphatic heterocycles. The van der Waals surface area contributed by atoms with E-state index in [0.717, 1.165) is 5.56 Å². The van der Waals surface area contributed by atoms with Crippen molar-refractivity contribution < 1.29 is 19.5 Å². The topological polar surface area (TPSA) is 101 Å². The number of benzene rings is 1. The Morgan fingerprint density at radius 3 is 2.39 bits per heavy atom. The number of hydrogen-bond acceptors (Lipinski definition) is 3. The molecular formula is C17H22N2O4. The van der Waals surface area contributed by atoms with Gasteiger partial charge in [0, 0.05) is 12.5 Å².